The fourth-order valence-electron chi connectivity index (χ4n) is 2.52. The van der Waals surface area contributed by atoms with E-state index < -0.39 is 0 Å². The van der Waals surface area contributed by atoms with Gasteiger partial charge in [0.05, 0.1) is 25.6 Å². The van der Waals surface area contributed by atoms with Crippen LogP contribution >= 0.6 is 11.3 Å². The van der Waals surface area contributed by atoms with Gasteiger partial charge in [-0.3, -0.25) is 5.43 Å². The van der Waals surface area contributed by atoms with Crippen molar-refractivity contribution in [3.8, 4) is 22.8 Å². The van der Waals surface area contributed by atoms with Crippen molar-refractivity contribution in [3.05, 3.63) is 59.5 Å². The van der Waals surface area contributed by atoms with Gasteiger partial charge in [0.25, 0.3) is 0 Å². The van der Waals surface area contributed by atoms with Gasteiger partial charge in [0, 0.05) is 10.9 Å². The van der Waals surface area contributed by atoms with E-state index in [1.165, 1.54) is 11.3 Å². The van der Waals surface area contributed by atoms with Gasteiger partial charge in [-0.05, 0) is 36.1 Å². The van der Waals surface area contributed by atoms with Crippen LogP contribution in [-0.2, 0) is 0 Å². The normalized spacial score (nSPS) is 11.1. The highest BCUT2D eigenvalue weighted by atomic mass is 32.1. The van der Waals surface area contributed by atoms with Crippen molar-refractivity contribution in [2.75, 3.05) is 19.1 Å². The molecule has 0 atom stereocenters. The average Bonchev–Trinajstić information content (AvgIpc) is 3.18. The predicted octanol–water partition coefficient (Wildman–Crippen LogP) is 5.69. The molecule has 0 radical (unpaired) electrons. The molecule has 0 bridgehead atoms. The lowest BCUT2D eigenvalue weighted by Gasteiger charge is -2.12. The Hall–Kier alpha value is -2.86. The second kappa shape index (κ2) is 9.90. The van der Waals surface area contributed by atoms with Crippen LogP contribution in [0.1, 0.15) is 25.8 Å². The molecule has 1 heterocycles. The number of aromatic nitrogens is 1. The molecule has 0 spiro atoms. The Morgan fingerprint density at radius 1 is 1.14 bits per heavy atom. The van der Waals surface area contributed by atoms with Crippen molar-refractivity contribution in [1.82, 2.24) is 4.98 Å². The fourth-order valence-corrected chi connectivity index (χ4v) is 3.19. The second-order valence-electron chi connectivity index (χ2n) is 6.72. The van der Waals surface area contributed by atoms with Crippen molar-refractivity contribution in [3.63, 3.8) is 0 Å². The molecule has 2 aromatic carbocycles. The lowest BCUT2D eigenvalue weighted by atomic mass is 10.1. The van der Waals surface area contributed by atoms with Gasteiger partial charge in [-0.1, -0.05) is 44.2 Å². The minimum atomic E-state index is 0.596. The third-order valence-corrected chi connectivity index (χ3v) is 4.83. The van der Waals surface area contributed by atoms with Crippen LogP contribution in [0.15, 0.2) is 59.0 Å². The Morgan fingerprint density at radius 3 is 2.71 bits per heavy atom. The summed E-state index contributed by atoms with van der Waals surface area (Å²) in [5, 5.41) is 7.06. The van der Waals surface area contributed by atoms with Crippen LogP contribution in [0.4, 0.5) is 5.13 Å². The molecule has 0 saturated heterocycles. The van der Waals surface area contributed by atoms with Crippen LogP contribution in [0.2, 0.25) is 0 Å². The molecule has 0 fully saturated rings. The summed E-state index contributed by atoms with van der Waals surface area (Å²) in [5.74, 6) is 2.05. The van der Waals surface area contributed by atoms with E-state index in [1.54, 1.807) is 13.3 Å². The standard InChI is InChI=1S/C22H25N3O2S/c1-16(2)11-12-27-21-13-17(9-10-20(21)26-3)14-23-25-22-24-19(15-28-22)18-7-5-4-6-8-18/h4-10,13-16H,11-12H2,1-3H3,(H,24,25). The molecular weight excluding hydrogens is 370 g/mol. The van der Waals surface area contributed by atoms with Gasteiger partial charge in [-0.25, -0.2) is 4.98 Å². The molecule has 0 aliphatic rings. The molecule has 6 heteroatoms. The molecule has 1 N–H and O–H groups in total. The molecule has 5 nitrogen and oxygen atoms in total. The van der Waals surface area contributed by atoms with Crippen LogP contribution < -0.4 is 14.9 Å². The number of benzene rings is 2. The summed E-state index contributed by atoms with van der Waals surface area (Å²) in [6.45, 7) is 5.02. The maximum absolute atomic E-state index is 5.88. The van der Waals surface area contributed by atoms with Crippen LogP contribution in [0.3, 0.4) is 0 Å². The lowest BCUT2D eigenvalue weighted by Crippen LogP contribution is -2.03. The molecule has 28 heavy (non-hydrogen) atoms. The summed E-state index contributed by atoms with van der Waals surface area (Å²) in [6.07, 6.45) is 2.75. The van der Waals surface area contributed by atoms with Crippen molar-refractivity contribution < 1.29 is 9.47 Å². The Kier molecular flexibility index (Phi) is 7.03. The molecule has 146 valence electrons. The number of thiazole rings is 1. The van der Waals surface area contributed by atoms with Crippen LogP contribution in [0.5, 0.6) is 11.5 Å². The van der Waals surface area contributed by atoms with Gasteiger partial charge in [0.15, 0.2) is 11.5 Å². The van der Waals surface area contributed by atoms with E-state index in [4.69, 9.17) is 9.47 Å². The minimum Gasteiger partial charge on any atom is -0.493 e. The Balaban J connectivity index is 1.63. The molecule has 0 unspecified atom stereocenters. The number of anilines is 1. The molecule has 3 rings (SSSR count). The van der Waals surface area contributed by atoms with E-state index in [-0.39, 0.29) is 0 Å². The first kappa shape index (κ1) is 19.9. The molecular formula is C22H25N3O2S. The Morgan fingerprint density at radius 2 is 1.96 bits per heavy atom. The van der Waals surface area contributed by atoms with Crippen molar-refractivity contribution >= 4 is 22.7 Å². The SMILES string of the molecule is COc1ccc(C=NNc2nc(-c3ccccc3)cs2)cc1OCCC(C)C. The zero-order valence-electron chi connectivity index (χ0n) is 16.4. The van der Waals surface area contributed by atoms with Gasteiger partial charge < -0.3 is 9.47 Å². The molecule has 1 aromatic heterocycles. The van der Waals surface area contributed by atoms with E-state index >= 15 is 0 Å². The molecule has 0 saturated carbocycles. The van der Waals surface area contributed by atoms with E-state index in [9.17, 15) is 0 Å². The number of hydrogen-bond donors (Lipinski definition) is 1. The van der Waals surface area contributed by atoms with Crippen molar-refractivity contribution in [1.29, 1.82) is 0 Å². The lowest BCUT2D eigenvalue weighted by molar-refractivity contribution is 0.273. The fraction of sp³-hybridized carbons (Fsp3) is 0.273. The smallest absolute Gasteiger partial charge is 0.203 e. The van der Waals surface area contributed by atoms with E-state index in [1.807, 2.05) is 53.9 Å². The highest BCUT2D eigenvalue weighted by Crippen LogP contribution is 2.28. The molecule has 0 aliphatic carbocycles. The summed E-state index contributed by atoms with van der Waals surface area (Å²) in [7, 11) is 1.65. The third-order valence-electron chi connectivity index (χ3n) is 4.09. The molecule has 0 amide bonds. The Bertz CT molecular complexity index is 907. The van der Waals surface area contributed by atoms with Gasteiger partial charge in [0.1, 0.15) is 0 Å². The highest BCUT2D eigenvalue weighted by Gasteiger charge is 2.06. The van der Waals surface area contributed by atoms with Crippen molar-refractivity contribution in [2.24, 2.45) is 11.0 Å². The summed E-state index contributed by atoms with van der Waals surface area (Å²) < 4.78 is 11.3. The second-order valence-corrected chi connectivity index (χ2v) is 7.57. The first-order valence-electron chi connectivity index (χ1n) is 9.26. The quantitative estimate of drug-likeness (QED) is 0.373. The van der Waals surface area contributed by atoms with Crippen LogP contribution in [0.25, 0.3) is 11.3 Å². The first-order valence-corrected chi connectivity index (χ1v) is 10.1. The highest BCUT2D eigenvalue weighted by molar-refractivity contribution is 7.14. The van der Waals surface area contributed by atoms with Crippen LogP contribution in [-0.4, -0.2) is 24.9 Å². The Labute approximate surface area is 170 Å². The maximum Gasteiger partial charge on any atom is 0.203 e. The van der Waals surface area contributed by atoms with E-state index in [0.717, 1.165) is 39.9 Å². The summed E-state index contributed by atoms with van der Waals surface area (Å²) in [4.78, 5) is 4.56. The third kappa shape index (κ3) is 5.57. The summed E-state index contributed by atoms with van der Waals surface area (Å²) >= 11 is 1.52. The largest absolute Gasteiger partial charge is 0.493 e. The molecule has 3 aromatic rings. The van der Waals surface area contributed by atoms with Gasteiger partial charge in [-0.2, -0.15) is 5.10 Å². The zero-order valence-corrected chi connectivity index (χ0v) is 17.2. The predicted molar refractivity (Wildman–Crippen MR) is 117 cm³/mol. The van der Waals surface area contributed by atoms with E-state index in [0.29, 0.717) is 12.5 Å². The minimum absolute atomic E-state index is 0.596. The number of methoxy groups -OCH3 is 1. The number of nitrogens with zero attached hydrogens (tertiary/aromatic N) is 2. The number of rotatable bonds is 9. The van der Waals surface area contributed by atoms with Gasteiger partial charge >= 0.3 is 0 Å². The maximum atomic E-state index is 5.88. The van der Waals surface area contributed by atoms with Gasteiger partial charge in [0.2, 0.25) is 5.13 Å². The topological polar surface area (TPSA) is 55.7 Å². The summed E-state index contributed by atoms with van der Waals surface area (Å²) in [6, 6.07) is 15.9. The first-order chi connectivity index (χ1) is 13.7. The molecule has 0 aliphatic heterocycles. The van der Waals surface area contributed by atoms with Gasteiger partial charge in [-0.15, -0.1) is 11.3 Å². The number of nitrogens with one attached hydrogen (secondary N) is 1. The van der Waals surface area contributed by atoms with Crippen LogP contribution in [0, 0.1) is 5.92 Å². The number of hydrazone groups is 1. The van der Waals surface area contributed by atoms with Crippen molar-refractivity contribution in [2.45, 2.75) is 20.3 Å². The number of ether oxygens (including phenoxy) is 2. The number of hydrogen-bond acceptors (Lipinski definition) is 6. The average molecular weight is 396 g/mol. The zero-order chi connectivity index (χ0) is 19.8. The summed E-state index contributed by atoms with van der Waals surface area (Å²) in [5.41, 5.74) is 5.95. The van der Waals surface area contributed by atoms with E-state index in [2.05, 4.69) is 29.4 Å². The monoisotopic (exact) mass is 395 g/mol.